The van der Waals surface area contributed by atoms with Crippen molar-refractivity contribution >= 4 is 43.4 Å². The zero-order valence-corrected chi connectivity index (χ0v) is 14.7. The first-order valence-corrected chi connectivity index (χ1v) is 9.03. The second kappa shape index (κ2) is 6.11. The van der Waals surface area contributed by atoms with Gasteiger partial charge < -0.3 is 14.1 Å². The highest BCUT2D eigenvalue weighted by atomic mass is 79.9. The summed E-state index contributed by atoms with van der Waals surface area (Å²) < 4.78 is 13.2. The quantitative estimate of drug-likeness (QED) is 0.658. The van der Waals surface area contributed by atoms with Crippen LogP contribution < -0.4 is 10.3 Å². The lowest BCUT2D eigenvalue weighted by Gasteiger charge is -2.27. The van der Waals surface area contributed by atoms with Gasteiger partial charge in [-0.05, 0) is 17.7 Å². The van der Waals surface area contributed by atoms with Gasteiger partial charge in [0.1, 0.15) is 4.70 Å². The third kappa shape index (κ3) is 2.82. The van der Waals surface area contributed by atoms with Crippen molar-refractivity contribution in [3.63, 3.8) is 0 Å². The Balaban J connectivity index is 1.84. The molecule has 1 aliphatic heterocycles. The van der Waals surface area contributed by atoms with Gasteiger partial charge in [-0.2, -0.15) is 0 Å². The van der Waals surface area contributed by atoms with E-state index < -0.39 is 0 Å². The Morgan fingerprint density at radius 2 is 1.87 bits per heavy atom. The van der Waals surface area contributed by atoms with E-state index >= 15 is 0 Å². The molecule has 3 aromatic rings. The highest BCUT2D eigenvalue weighted by Crippen LogP contribution is 2.35. The van der Waals surface area contributed by atoms with Gasteiger partial charge >= 0.3 is 0 Å². The zero-order valence-electron chi connectivity index (χ0n) is 12.3. The zero-order chi connectivity index (χ0) is 15.8. The molecular weight excluding hydrogens is 378 g/mol. The van der Waals surface area contributed by atoms with E-state index in [1.165, 1.54) is 11.3 Å². The summed E-state index contributed by atoms with van der Waals surface area (Å²) in [5.41, 5.74) is 2.69. The Kier molecular flexibility index (Phi) is 3.97. The third-order valence-electron chi connectivity index (χ3n) is 3.91. The lowest BCUT2D eigenvalue weighted by molar-refractivity contribution is 0.121. The van der Waals surface area contributed by atoms with Crippen LogP contribution in [0.2, 0.25) is 0 Å². The van der Waals surface area contributed by atoms with E-state index in [9.17, 15) is 4.79 Å². The summed E-state index contributed by atoms with van der Waals surface area (Å²) in [4.78, 5) is 14.5. The Morgan fingerprint density at radius 3 is 2.61 bits per heavy atom. The molecule has 0 radical (unpaired) electrons. The minimum Gasteiger partial charge on any atom is -0.439 e. The van der Waals surface area contributed by atoms with Crippen molar-refractivity contribution in [3.8, 4) is 11.1 Å². The predicted molar refractivity (Wildman–Crippen MR) is 96.5 cm³/mol. The molecule has 1 fully saturated rings. The Hall–Kier alpha value is -1.63. The summed E-state index contributed by atoms with van der Waals surface area (Å²) in [6.45, 7) is 2.80. The second-order valence-corrected chi connectivity index (χ2v) is 7.16. The molecule has 0 N–H and O–H groups in total. The minimum absolute atomic E-state index is 0.0149. The smallest absolute Gasteiger partial charge is 0.204 e. The Morgan fingerprint density at radius 1 is 1.13 bits per heavy atom. The van der Waals surface area contributed by atoms with Gasteiger partial charge in [0.2, 0.25) is 5.43 Å². The number of ether oxygens (including phenoxy) is 1. The molecule has 4 nitrogen and oxygen atoms in total. The van der Waals surface area contributed by atoms with Crippen LogP contribution in [-0.4, -0.2) is 26.3 Å². The number of rotatable bonds is 2. The number of anilines is 1. The molecule has 4 rings (SSSR count). The van der Waals surface area contributed by atoms with Crippen molar-refractivity contribution in [2.24, 2.45) is 0 Å². The molecule has 0 spiro atoms. The number of morpholine rings is 1. The van der Waals surface area contributed by atoms with Crippen LogP contribution in [0.25, 0.3) is 21.4 Å². The molecule has 0 atom stereocenters. The summed E-state index contributed by atoms with van der Waals surface area (Å²) in [6.07, 6.45) is 0. The van der Waals surface area contributed by atoms with E-state index in [2.05, 4.69) is 20.8 Å². The maximum atomic E-state index is 12.4. The molecule has 1 aromatic carbocycles. The number of hydrogen-bond acceptors (Lipinski definition) is 5. The van der Waals surface area contributed by atoms with Crippen LogP contribution in [-0.2, 0) is 4.74 Å². The van der Waals surface area contributed by atoms with Gasteiger partial charge in [0, 0.05) is 34.6 Å². The number of hydrogen-bond donors (Lipinski definition) is 0. The monoisotopic (exact) mass is 391 g/mol. The summed E-state index contributed by atoms with van der Waals surface area (Å²) in [5, 5.41) is 1.99. The standard InChI is InChI=1S/C17H14BrNO3S/c18-12-3-1-11(2-4-12)13-10-23-17-14(20)9-15(22-16(13)17)19-5-7-21-8-6-19/h1-4,9-10H,5-8H2. The Bertz CT molecular complexity index is 894. The van der Waals surface area contributed by atoms with E-state index in [1.807, 2.05) is 29.6 Å². The summed E-state index contributed by atoms with van der Waals surface area (Å²) in [6, 6.07) is 9.61. The molecule has 2 aromatic heterocycles. The summed E-state index contributed by atoms with van der Waals surface area (Å²) in [7, 11) is 0. The van der Waals surface area contributed by atoms with Crippen molar-refractivity contribution in [1.82, 2.24) is 0 Å². The minimum atomic E-state index is 0.0149. The fourth-order valence-corrected chi connectivity index (χ4v) is 3.88. The average Bonchev–Trinajstić information content (AvgIpc) is 3.01. The van der Waals surface area contributed by atoms with Crippen LogP contribution in [0.5, 0.6) is 0 Å². The molecular formula is C17H14BrNO3S. The fraction of sp³-hybridized carbons (Fsp3) is 0.235. The number of benzene rings is 1. The van der Waals surface area contributed by atoms with E-state index in [1.54, 1.807) is 6.07 Å². The first kappa shape index (κ1) is 14.9. The van der Waals surface area contributed by atoms with Gasteiger partial charge in [-0.1, -0.05) is 28.1 Å². The van der Waals surface area contributed by atoms with Crippen molar-refractivity contribution in [2.45, 2.75) is 0 Å². The highest BCUT2D eigenvalue weighted by Gasteiger charge is 2.18. The topological polar surface area (TPSA) is 42.7 Å². The highest BCUT2D eigenvalue weighted by molar-refractivity contribution is 9.10. The SMILES string of the molecule is O=c1cc(N2CCOCC2)oc2c(-c3ccc(Br)cc3)csc12. The molecule has 0 saturated carbocycles. The molecule has 0 unspecified atom stereocenters. The summed E-state index contributed by atoms with van der Waals surface area (Å²) in [5.74, 6) is 0.627. The molecule has 0 amide bonds. The van der Waals surface area contributed by atoms with Gasteiger partial charge in [-0.3, -0.25) is 4.79 Å². The van der Waals surface area contributed by atoms with Crippen LogP contribution in [0.3, 0.4) is 0 Å². The van der Waals surface area contributed by atoms with Gasteiger partial charge in [0.15, 0.2) is 11.5 Å². The maximum Gasteiger partial charge on any atom is 0.204 e. The summed E-state index contributed by atoms with van der Waals surface area (Å²) >= 11 is 4.88. The van der Waals surface area contributed by atoms with Crippen molar-refractivity contribution in [1.29, 1.82) is 0 Å². The van der Waals surface area contributed by atoms with E-state index in [0.717, 1.165) is 28.7 Å². The largest absolute Gasteiger partial charge is 0.439 e. The van der Waals surface area contributed by atoms with E-state index in [4.69, 9.17) is 9.15 Å². The second-order valence-electron chi connectivity index (χ2n) is 5.36. The predicted octanol–water partition coefficient (Wildman–Crippen LogP) is 4.12. The molecule has 0 aliphatic carbocycles. The Labute approximate surface area is 145 Å². The molecule has 6 heteroatoms. The van der Waals surface area contributed by atoms with Gasteiger partial charge in [0.05, 0.1) is 13.2 Å². The van der Waals surface area contributed by atoms with E-state index in [0.29, 0.717) is 29.4 Å². The average molecular weight is 392 g/mol. The molecule has 3 heterocycles. The molecule has 118 valence electrons. The molecule has 0 bridgehead atoms. The van der Waals surface area contributed by atoms with Gasteiger partial charge in [-0.15, -0.1) is 11.3 Å². The lowest BCUT2D eigenvalue weighted by atomic mass is 10.1. The molecule has 1 saturated heterocycles. The van der Waals surface area contributed by atoms with Crippen molar-refractivity contribution < 1.29 is 9.15 Å². The number of thiophene rings is 1. The van der Waals surface area contributed by atoms with Crippen LogP contribution >= 0.6 is 27.3 Å². The van der Waals surface area contributed by atoms with E-state index in [-0.39, 0.29) is 5.43 Å². The third-order valence-corrected chi connectivity index (χ3v) is 5.41. The first-order valence-electron chi connectivity index (χ1n) is 7.36. The molecule has 23 heavy (non-hydrogen) atoms. The first-order chi connectivity index (χ1) is 11.2. The van der Waals surface area contributed by atoms with Gasteiger partial charge in [-0.25, -0.2) is 0 Å². The van der Waals surface area contributed by atoms with Gasteiger partial charge in [0.25, 0.3) is 0 Å². The van der Waals surface area contributed by atoms with Crippen LogP contribution in [0.1, 0.15) is 0 Å². The van der Waals surface area contributed by atoms with Crippen LogP contribution in [0.15, 0.2) is 49.4 Å². The normalized spacial score (nSPS) is 15.3. The van der Waals surface area contributed by atoms with Crippen molar-refractivity contribution in [2.75, 3.05) is 31.2 Å². The number of halogens is 1. The molecule has 1 aliphatic rings. The lowest BCUT2D eigenvalue weighted by Crippen LogP contribution is -2.36. The number of fused-ring (bicyclic) bond motifs is 1. The van der Waals surface area contributed by atoms with Crippen molar-refractivity contribution in [3.05, 3.63) is 50.4 Å². The van der Waals surface area contributed by atoms with Crippen LogP contribution in [0.4, 0.5) is 5.88 Å². The maximum absolute atomic E-state index is 12.4. The fourth-order valence-electron chi connectivity index (χ4n) is 2.70. The van der Waals surface area contributed by atoms with Crippen LogP contribution in [0, 0.1) is 0 Å². The number of nitrogens with zero attached hydrogens (tertiary/aromatic N) is 1.